The maximum atomic E-state index is 11.3. The molecule has 1 N–H and O–H groups in total. The molecule has 0 radical (unpaired) electrons. The number of aliphatic carboxylic acids is 1. The van der Waals surface area contributed by atoms with Crippen LogP contribution in [0.1, 0.15) is 174 Å². The lowest BCUT2D eigenvalue weighted by Gasteiger charge is -2.34. The highest BCUT2D eigenvalue weighted by Gasteiger charge is 2.45. The van der Waals surface area contributed by atoms with Crippen molar-refractivity contribution >= 4 is 17.4 Å². The van der Waals surface area contributed by atoms with E-state index in [1.54, 1.807) is 0 Å². The number of carboxylic acids is 1. The first-order valence-corrected chi connectivity index (χ1v) is 21.6. The molecule has 0 saturated carbocycles. The van der Waals surface area contributed by atoms with Gasteiger partial charge in [-0.3, -0.25) is 9.79 Å². The molecule has 0 bridgehead atoms. The second-order valence-corrected chi connectivity index (χ2v) is 15.9. The summed E-state index contributed by atoms with van der Waals surface area (Å²) in [6, 6.07) is 19.7. The molecule has 0 aliphatic carbocycles. The second-order valence-electron chi connectivity index (χ2n) is 15.9. The molecule has 3 rings (SSSR count). The molecule has 4 nitrogen and oxygen atoms in total. The normalized spacial score (nSPS) is 15.3. The van der Waals surface area contributed by atoms with Gasteiger partial charge in [0, 0.05) is 41.0 Å². The second kappa shape index (κ2) is 24.8. The van der Waals surface area contributed by atoms with Gasteiger partial charge in [0.25, 0.3) is 0 Å². The van der Waals surface area contributed by atoms with Gasteiger partial charge in [-0.25, -0.2) is 0 Å². The van der Waals surface area contributed by atoms with E-state index in [1.807, 2.05) is 6.07 Å². The van der Waals surface area contributed by atoms with Crippen molar-refractivity contribution in [1.29, 1.82) is 0 Å². The lowest BCUT2D eigenvalue weighted by Crippen LogP contribution is -2.32. The Morgan fingerprint density at radius 2 is 1.25 bits per heavy atom. The number of carbonyl (C=O) groups is 1. The number of fused-ring (bicyclic) bond motifs is 1. The number of unbranched alkanes of at least 4 members (excludes halogenated alkanes) is 14. The van der Waals surface area contributed by atoms with Crippen LogP contribution in [0.4, 0.5) is 5.69 Å². The van der Waals surface area contributed by atoms with Crippen LogP contribution >= 0.6 is 0 Å². The Morgan fingerprint density at radius 3 is 1.81 bits per heavy atom. The Kier molecular flexibility index (Phi) is 20.6. The van der Waals surface area contributed by atoms with Gasteiger partial charge in [-0.2, -0.15) is 0 Å². The summed E-state index contributed by atoms with van der Waals surface area (Å²) in [5.74, 6) is -0.822. The van der Waals surface area contributed by atoms with Crippen LogP contribution in [-0.4, -0.2) is 29.9 Å². The van der Waals surface area contributed by atoms with Gasteiger partial charge in [0.1, 0.15) is 0 Å². The average Bonchev–Trinajstić information content (AvgIpc) is 3.41. The Balaban J connectivity index is 1.92. The van der Waals surface area contributed by atoms with E-state index >= 15 is 0 Å². The zero-order valence-corrected chi connectivity index (χ0v) is 34.4. The first-order valence-electron chi connectivity index (χ1n) is 21.6. The standard InChI is InChI=1S/C49H74N2O2/c1-6-9-11-13-15-17-19-29-38-49(39-30-20-18-16-14-12-10-7-2)43-33-27-28-34-44(43)51(41-8-3)46(49)36-26-22-25-35-45(50-40-37-47(52)53)48(4,5)42-31-23-21-24-32-42/h21-28,31-36H,6-20,29-30,37-41H2,1-5H3,(H,52,53)/b26-22+,35-25+,46-36+,50-45+. The van der Waals surface area contributed by atoms with Crippen molar-refractivity contribution in [3.05, 3.63) is 102 Å². The van der Waals surface area contributed by atoms with E-state index in [1.165, 1.54) is 133 Å². The number of hydrogen-bond acceptors (Lipinski definition) is 3. The molecule has 1 heterocycles. The van der Waals surface area contributed by atoms with Crippen LogP contribution in [0.25, 0.3) is 0 Å². The molecule has 0 saturated heterocycles. The quantitative estimate of drug-likeness (QED) is 0.0540. The molecule has 0 spiro atoms. The highest BCUT2D eigenvalue weighted by Crippen LogP contribution is 2.53. The Labute approximate surface area is 325 Å². The predicted molar refractivity (Wildman–Crippen MR) is 231 cm³/mol. The first kappa shape index (κ1) is 44.0. The average molecular weight is 723 g/mol. The largest absolute Gasteiger partial charge is 0.481 e. The van der Waals surface area contributed by atoms with Gasteiger partial charge in [-0.15, -0.1) is 0 Å². The fraction of sp³-hybridized carbons (Fsp3) is 0.592. The number of aliphatic imine (C=N–C) groups is 1. The van der Waals surface area contributed by atoms with Gasteiger partial charge in [0.2, 0.25) is 0 Å². The number of allylic oxidation sites excluding steroid dienone is 6. The topological polar surface area (TPSA) is 52.9 Å². The smallest absolute Gasteiger partial charge is 0.305 e. The molecule has 0 amide bonds. The SMILES string of the molecule is CCCCCCCCCCC1(CCCCCCCCCC)\C(=C/C=C/C=C/C(=N\CCC(=O)O)C(C)(C)c2ccccc2)N(CCC)c2ccccc21. The third-order valence-electron chi connectivity index (χ3n) is 11.3. The van der Waals surface area contributed by atoms with Crippen molar-refractivity contribution in [2.24, 2.45) is 4.99 Å². The molecule has 0 fully saturated rings. The summed E-state index contributed by atoms with van der Waals surface area (Å²) >= 11 is 0. The van der Waals surface area contributed by atoms with E-state index in [-0.39, 0.29) is 23.8 Å². The van der Waals surface area contributed by atoms with Gasteiger partial charge in [0.05, 0.1) is 6.42 Å². The minimum Gasteiger partial charge on any atom is -0.481 e. The molecular formula is C49H74N2O2. The molecule has 53 heavy (non-hydrogen) atoms. The first-order chi connectivity index (χ1) is 25.8. The number of rotatable bonds is 28. The summed E-state index contributed by atoms with van der Waals surface area (Å²) < 4.78 is 0. The maximum Gasteiger partial charge on any atom is 0.305 e. The lowest BCUT2D eigenvalue weighted by atomic mass is 9.71. The third-order valence-corrected chi connectivity index (χ3v) is 11.3. The zero-order chi connectivity index (χ0) is 38.2. The number of hydrogen-bond donors (Lipinski definition) is 1. The Bertz CT molecular complexity index is 1410. The van der Waals surface area contributed by atoms with Crippen LogP contribution in [0.2, 0.25) is 0 Å². The van der Waals surface area contributed by atoms with Crippen LogP contribution in [-0.2, 0) is 15.6 Å². The fourth-order valence-corrected chi connectivity index (χ4v) is 8.22. The maximum absolute atomic E-state index is 11.3. The van der Waals surface area contributed by atoms with Crippen molar-refractivity contribution in [2.75, 3.05) is 18.0 Å². The number of benzene rings is 2. The third kappa shape index (κ3) is 14.1. The van der Waals surface area contributed by atoms with Gasteiger partial charge in [-0.05, 0) is 48.6 Å². The van der Waals surface area contributed by atoms with Crippen LogP contribution < -0.4 is 4.90 Å². The van der Waals surface area contributed by atoms with Crippen LogP contribution in [0.15, 0.2) is 95.7 Å². The van der Waals surface area contributed by atoms with E-state index in [0.717, 1.165) is 24.2 Å². The number of para-hydroxylation sites is 1. The molecule has 2 aromatic carbocycles. The van der Waals surface area contributed by atoms with Crippen molar-refractivity contribution in [3.8, 4) is 0 Å². The molecule has 0 unspecified atom stereocenters. The number of nitrogens with zero attached hydrogens (tertiary/aromatic N) is 2. The minimum absolute atomic E-state index is 0.0256. The summed E-state index contributed by atoms with van der Waals surface area (Å²) in [4.78, 5) is 18.8. The summed E-state index contributed by atoms with van der Waals surface area (Å²) in [5.41, 5.74) is 6.14. The molecule has 0 aromatic heterocycles. The van der Waals surface area contributed by atoms with E-state index in [0.29, 0.717) is 0 Å². The molecular weight excluding hydrogens is 649 g/mol. The predicted octanol–water partition coefficient (Wildman–Crippen LogP) is 14.1. The molecule has 2 aromatic rings. The van der Waals surface area contributed by atoms with Gasteiger partial charge < -0.3 is 10.0 Å². The van der Waals surface area contributed by atoms with E-state index < -0.39 is 5.97 Å². The van der Waals surface area contributed by atoms with Crippen LogP contribution in [0.5, 0.6) is 0 Å². The van der Waals surface area contributed by atoms with Crippen LogP contribution in [0.3, 0.4) is 0 Å². The van der Waals surface area contributed by atoms with E-state index in [4.69, 9.17) is 4.99 Å². The van der Waals surface area contributed by atoms with Gasteiger partial charge in [-0.1, -0.05) is 204 Å². The highest BCUT2D eigenvalue weighted by atomic mass is 16.4. The summed E-state index contributed by atoms with van der Waals surface area (Å²) in [7, 11) is 0. The molecule has 1 aliphatic rings. The molecule has 0 atom stereocenters. The summed E-state index contributed by atoms with van der Waals surface area (Å²) in [6.45, 7) is 12.5. The molecule has 292 valence electrons. The van der Waals surface area contributed by atoms with Crippen molar-refractivity contribution < 1.29 is 9.90 Å². The summed E-state index contributed by atoms with van der Waals surface area (Å²) in [6.07, 6.45) is 35.9. The minimum atomic E-state index is -0.822. The van der Waals surface area contributed by atoms with Crippen molar-refractivity contribution in [2.45, 2.75) is 174 Å². The Morgan fingerprint density at radius 1 is 0.698 bits per heavy atom. The number of carboxylic acid groups (broad SMARTS) is 1. The monoisotopic (exact) mass is 723 g/mol. The lowest BCUT2D eigenvalue weighted by molar-refractivity contribution is -0.136. The molecule has 4 heteroatoms. The summed E-state index contributed by atoms with van der Waals surface area (Å²) in [5, 5.41) is 9.29. The van der Waals surface area contributed by atoms with E-state index in [2.05, 4.69) is 118 Å². The highest BCUT2D eigenvalue weighted by molar-refractivity contribution is 6.03. The molecule has 1 aliphatic heterocycles. The number of anilines is 1. The van der Waals surface area contributed by atoms with Crippen molar-refractivity contribution in [1.82, 2.24) is 0 Å². The zero-order valence-electron chi connectivity index (χ0n) is 34.4. The van der Waals surface area contributed by atoms with Crippen molar-refractivity contribution in [3.63, 3.8) is 0 Å². The van der Waals surface area contributed by atoms with Gasteiger partial charge >= 0.3 is 5.97 Å². The van der Waals surface area contributed by atoms with Gasteiger partial charge in [0.15, 0.2) is 0 Å². The van der Waals surface area contributed by atoms with Crippen LogP contribution in [0, 0.1) is 0 Å². The Hall–Kier alpha value is -3.40. The van der Waals surface area contributed by atoms with E-state index in [9.17, 15) is 9.90 Å². The fourth-order valence-electron chi connectivity index (χ4n) is 8.22.